The summed E-state index contributed by atoms with van der Waals surface area (Å²) in [5.74, 6) is 0. The molecule has 1 aromatic carbocycles. The van der Waals surface area contributed by atoms with Crippen molar-refractivity contribution in [1.29, 1.82) is 5.26 Å². The van der Waals surface area contributed by atoms with Crippen molar-refractivity contribution < 1.29 is 0 Å². The van der Waals surface area contributed by atoms with Gasteiger partial charge in [-0.25, -0.2) is 0 Å². The zero-order valence-electron chi connectivity index (χ0n) is 8.68. The second kappa shape index (κ2) is 3.74. The van der Waals surface area contributed by atoms with Crippen LogP contribution in [-0.4, -0.2) is 20.5 Å². The van der Waals surface area contributed by atoms with Gasteiger partial charge in [0.2, 0.25) is 0 Å². The summed E-state index contributed by atoms with van der Waals surface area (Å²) in [5, 5.41) is 17.7. The quantitative estimate of drug-likeness (QED) is 0.852. The van der Waals surface area contributed by atoms with Crippen LogP contribution in [-0.2, 0) is 6.54 Å². The molecular formula is C10H10ClN5. The molecule has 0 aliphatic carbocycles. The Morgan fingerprint density at radius 2 is 2.31 bits per heavy atom. The zero-order valence-corrected chi connectivity index (χ0v) is 9.44. The summed E-state index contributed by atoms with van der Waals surface area (Å²) in [4.78, 5) is 1.40. The number of nitriles is 1. The third kappa shape index (κ3) is 1.98. The lowest BCUT2D eigenvalue weighted by atomic mass is 10.1. The Morgan fingerprint density at radius 3 is 2.94 bits per heavy atom. The molecule has 82 valence electrons. The molecule has 1 aromatic heterocycles. The van der Waals surface area contributed by atoms with Crippen molar-refractivity contribution in [2.45, 2.75) is 19.0 Å². The molecule has 0 saturated heterocycles. The van der Waals surface area contributed by atoms with Crippen molar-refractivity contribution in [3.8, 4) is 6.07 Å². The van der Waals surface area contributed by atoms with Crippen LogP contribution < -0.4 is 5.73 Å². The SMILES string of the molecule is CC(N)(C#N)Cn1nc2cccc(Cl)c2n1. The van der Waals surface area contributed by atoms with Crippen molar-refractivity contribution in [3.05, 3.63) is 23.2 Å². The van der Waals surface area contributed by atoms with E-state index in [2.05, 4.69) is 10.2 Å². The van der Waals surface area contributed by atoms with E-state index in [9.17, 15) is 0 Å². The van der Waals surface area contributed by atoms with Gasteiger partial charge in [-0.15, -0.1) is 0 Å². The normalized spacial score (nSPS) is 14.6. The molecule has 0 aliphatic heterocycles. The Balaban J connectivity index is 2.42. The summed E-state index contributed by atoms with van der Waals surface area (Å²) < 4.78 is 0. The number of halogens is 1. The Morgan fingerprint density at radius 1 is 1.56 bits per heavy atom. The van der Waals surface area contributed by atoms with E-state index in [1.807, 2.05) is 12.1 Å². The minimum atomic E-state index is -0.985. The van der Waals surface area contributed by atoms with E-state index in [0.29, 0.717) is 16.1 Å². The van der Waals surface area contributed by atoms with Gasteiger partial charge in [0.25, 0.3) is 0 Å². The lowest BCUT2D eigenvalue weighted by Crippen LogP contribution is -2.39. The van der Waals surface area contributed by atoms with Gasteiger partial charge in [-0.3, -0.25) is 0 Å². The van der Waals surface area contributed by atoms with Gasteiger partial charge in [0.15, 0.2) is 0 Å². The molecule has 5 nitrogen and oxygen atoms in total. The maximum atomic E-state index is 8.81. The number of fused-ring (bicyclic) bond motifs is 1. The third-order valence-corrected chi connectivity index (χ3v) is 2.43. The van der Waals surface area contributed by atoms with Gasteiger partial charge in [0.1, 0.15) is 16.6 Å². The van der Waals surface area contributed by atoms with Crippen LogP contribution in [0.5, 0.6) is 0 Å². The van der Waals surface area contributed by atoms with Crippen LogP contribution in [0.15, 0.2) is 18.2 Å². The fourth-order valence-corrected chi connectivity index (χ4v) is 1.55. The van der Waals surface area contributed by atoms with Crippen molar-refractivity contribution in [2.24, 2.45) is 5.73 Å². The lowest BCUT2D eigenvalue weighted by molar-refractivity contribution is 0.423. The highest BCUT2D eigenvalue weighted by atomic mass is 35.5. The second-order valence-corrected chi connectivity index (χ2v) is 4.27. The molecule has 6 heteroatoms. The van der Waals surface area contributed by atoms with E-state index < -0.39 is 5.54 Å². The average Bonchev–Trinajstić information content (AvgIpc) is 2.61. The second-order valence-electron chi connectivity index (χ2n) is 3.87. The molecule has 1 heterocycles. The van der Waals surface area contributed by atoms with Crippen LogP contribution in [0.1, 0.15) is 6.92 Å². The largest absolute Gasteiger partial charge is 0.312 e. The van der Waals surface area contributed by atoms with Gasteiger partial charge in [-0.05, 0) is 19.1 Å². The van der Waals surface area contributed by atoms with E-state index in [-0.39, 0.29) is 6.54 Å². The number of rotatable bonds is 2. The molecule has 0 saturated carbocycles. The van der Waals surface area contributed by atoms with Gasteiger partial charge in [-0.1, -0.05) is 17.7 Å². The van der Waals surface area contributed by atoms with Crippen LogP contribution in [0, 0.1) is 11.3 Å². The highest BCUT2D eigenvalue weighted by Gasteiger charge is 2.20. The highest BCUT2D eigenvalue weighted by molar-refractivity contribution is 6.34. The van der Waals surface area contributed by atoms with Gasteiger partial charge in [-0.2, -0.15) is 20.3 Å². The topological polar surface area (TPSA) is 80.5 Å². The van der Waals surface area contributed by atoms with Crippen LogP contribution in [0.25, 0.3) is 11.0 Å². The van der Waals surface area contributed by atoms with Crippen molar-refractivity contribution >= 4 is 22.6 Å². The Bertz CT molecular complexity index is 566. The summed E-state index contributed by atoms with van der Waals surface area (Å²) in [6.45, 7) is 1.86. The van der Waals surface area contributed by atoms with E-state index in [0.717, 1.165) is 0 Å². The molecule has 2 aromatic rings. The highest BCUT2D eigenvalue weighted by Crippen LogP contribution is 2.19. The number of hydrogen-bond acceptors (Lipinski definition) is 4. The van der Waals surface area contributed by atoms with Crippen LogP contribution >= 0.6 is 11.6 Å². The van der Waals surface area contributed by atoms with E-state index in [4.69, 9.17) is 22.6 Å². The number of aromatic nitrogens is 3. The molecule has 0 spiro atoms. The molecule has 1 unspecified atom stereocenters. The van der Waals surface area contributed by atoms with Crippen molar-refractivity contribution in [3.63, 3.8) is 0 Å². The smallest absolute Gasteiger partial charge is 0.131 e. The minimum Gasteiger partial charge on any atom is -0.312 e. The predicted molar refractivity (Wildman–Crippen MR) is 60.7 cm³/mol. The number of benzene rings is 1. The fraction of sp³-hybridized carbons (Fsp3) is 0.300. The van der Waals surface area contributed by atoms with Gasteiger partial charge in [0, 0.05) is 0 Å². The third-order valence-electron chi connectivity index (χ3n) is 2.13. The molecule has 0 amide bonds. The molecule has 2 rings (SSSR count). The standard InChI is InChI=1S/C10H10ClN5/c1-10(13,5-12)6-16-14-8-4-2-3-7(11)9(8)15-16/h2-4H,6,13H2,1H3. The lowest BCUT2D eigenvalue weighted by Gasteiger charge is -2.13. The minimum absolute atomic E-state index is 0.231. The molecule has 0 bridgehead atoms. The van der Waals surface area contributed by atoms with Crippen molar-refractivity contribution in [2.75, 3.05) is 0 Å². The molecule has 1 atom stereocenters. The summed E-state index contributed by atoms with van der Waals surface area (Å²) >= 11 is 5.96. The fourth-order valence-electron chi connectivity index (χ4n) is 1.35. The summed E-state index contributed by atoms with van der Waals surface area (Å²) in [7, 11) is 0. The van der Waals surface area contributed by atoms with Gasteiger partial charge >= 0.3 is 0 Å². The van der Waals surface area contributed by atoms with E-state index in [1.54, 1.807) is 19.1 Å². The number of nitrogens with two attached hydrogens (primary N) is 1. The molecule has 16 heavy (non-hydrogen) atoms. The van der Waals surface area contributed by atoms with Crippen molar-refractivity contribution in [1.82, 2.24) is 15.0 Å². The summed E-state index contributed by atoms with van der Waals surface area (Å²) in [6.07, 6.45) is 0. The Labute approximate surface area is 97.4 Å². The first-order valence-corrected chi connectivity index (χ1v) is 5.09. The molecule has 2 N–H and O–H groups in total. The molecule has 0 aliphatic rings. The van der Waals surface area contributed by atoms with Crippen LogP contribution in [0.4, 0.5) is 0 Å². The maximum Gasteiger partial charge on any atom is 0.131 e. The Kier molecular flexibility index (Phi) is 2.54. The summed E-state index contributed by atoms with van der Waals surface area (Å²) in [6, 6.07) is 7.35. The first-order chi connectivity index (χ1) is 7.52. The molecule has 0 fully saturated rings. The first kappa shape index (κ1) is 10.9. The zero-order chi connectivity index (χ0) is 11.8. The molecule has 0 radical (unpaired) electrons. The predicted octanol–water partition coefficient (Wildman–Crippen LogP) is 1.33. The van der Waals surface area contributed by atoms with E-state index in [1.165, 1.54) is 4.80 Å². The maximum absolute atomic E-state index is 8.81. The summed E-state index contributed by atoms with van der Waals surface area (Å²) in [5.41, 5.74) is 6.05. The number of nitrogens with zero attached hydrogens (tertiary/aromatic N) is 4. The van der Waals surface area contributed by atoms with Crippen LogP contribution in [0.2, 0.25) is 5.02 Å². The van der Waals surface area contributed by atoms with Gasteiger partial charge < -0.3 is 5.73 Å². The average molecular weight is 236 g/mol. The van der Waals surface area contributed by atoms with Crippen LogP contribution in [0.3, 0.4) is 0 Å². The molecular weight excluding hydrogens is 226 g/mol. The first-order valence-electron chi connectivity index (χ1n) is 4.71. The monoisotopic (exact) mass is 235 g/mol. The van der Waals surface area contributed by atoms with E-state index >= 15 is 0 Å². The van der Waals surface area contributed by atoms with Gasteiger partial charge in [0.05, 0.1) is 17.6 Å². The Hall–Kier alpha value is -1.64. The number of hydrogen-bond donors (Lipinski definition) is 1.